The molecule has 0 N–H and O–H groups in total. The molecule has 17 heavy (non-hydrogen) atoms. The summed E-state index contributed by atoms with van der Waals surface area (Å²) in [6.07, 6.45) is 4.48. The van der Waals surface area contributed by atoms with E-state index >= 15 is 0 Å². The molecule has 0 saturated heterocycles. The maximum absolute atomic E-state index is 12.2. The minimum Gasteiger partial charge on any atom is -0.289 e. The van der Waals surface area contributed by atoms with Crippen LogP contribution in [0.15, 0.2) is 35.4 Å². The first-order valence-electron chi connectivity index (χ1n) is 5.27. The molecule has 0 spiro atoms. The van der Waals surface area contributed by atoms with Crippen molar-refractivity contribution in [3.05, 3.63) is 41.0 Å². The lowest BCUT2D eigenvalue weighted by molar-refractivity contribution is -0.115. The van der Waals surface area contributed by atoms with Gasteiger partial charge in [-0.1, -0.05) is 0 Å². The second kappa shape index (κ2) is 4.05. The average molecular weight is 228 g/mol. The molecule has 0 radical (unpaired) electrons. The SMILES string of the molecule is CC1=C(C)C(=O)C(c2cncnc2)=C(C)C1=O. The first-order chi connectivity index (χ1) is 8.04. The molecular weight excluding hydrogens is 216 g/mol. The lowest BCUT2D eigenvalue weighted by atomic mass is 9.83. The number of ketones is 2. The molecule has 4 heteroatoms. The Balaban J connectivity index is 2.63. The molecule has 1 aliphatic rings. The van der Waals surface area contributed by atoms with E-state index < -0.39 is 0 Å². The molecule has 2 rings (SSSR count). The van der Waals surface area contributed by atoms with Crippen LogP contribution in [0.5, 0.6) is 0 Å². The van der Waals surface area contributed by atoms with Crippen molar-refractivity contribution in [3.63, 3.8) is 0 Å². The number of hydrogen-bond acceptors (Lipinski definition) is 4. The zero-order valence-corrected chi connectivity index (χ0v) is 9.94. The van der Waals surface area contributed by atoms with Crippen LogP contribution in [0.25, 0.3) is 5.57 Å². The van der Waals surface area contributed by atoms with Crippen LogP contribution < -0.4 is 0 Å². The minimum atomic E-state index is -0.116. The summed E-state index contributed by atoms with van der Waals surface area (Å²) in [6.45, 7) is 5.02. The fourth-order valence-corrected chi connectivity index (χ4v) is 1.87. The van der Waals surface area contributed by atoms with Crippen molar-refractivity contribution in [2.75, 3.05) is 0 Å². The topological polar surface area (TPSA) is 59.9 Å². The van der Waals surface area contributed by atoms with E-state index in [1.54, 1.807) is 33.2 Å². The molecule has 1 aromatic rings. The van der Waals surface area contributed by atoms with Crippen molar-refractivity contribution in [3.8, 4) is 0 Å². The first-order valence-corrected chi connectivity index (χ1v) is 5.27. The van der Waals surface area contributed by atoms with Crippen LogP contribution in [0.1, 0.15) is 26.3 Å². The van der Waals surface area contributed by atoms with Gasteiger partial charge < -0.3 is 0 Å². The highest BCUT2D eigenvalue weighted by atomic mass is 16.1. The molecule has 86 valence electrons. The number of allylic oxidation sites excluding steroid dienone is 4. The Kier molecular flexibility index (Phi) is 2.71. The predicted molar refractivity (Wildman–Crippen MR) is 63.0 cm³/mol. The summed E-state index contributed by atoms with van der Waals surface area (Å²) in [4.78, 5) is 31.9. The maximum atomic E-state index is 12.2. The maximum Gasteiger partial charge on any atom is 0.190 e. The molecule has 1 heterocycles. The third-order valence-electron chi connectivity index (χ3n) is 3.04. The van der Waals surface area contributed by atoms with Crippen molar-refractivity contribution in [2.45, 2.75) is 20.8 Å². The lowest BCUT2D eigenvalue weighted by Gasteiger charge is -2.18. The van der Waals surface area contributed by atoms with Gasteiger partial charge in [0.05, 0.1) is 0 Å². The molecule has 0 fully saturated rings. The zero-order chi connectivity index (χ0) is 12.6. The molecule has 0 unspecified atom stereocenters. The van der Waals surface area contributed by atoms with Crippen LogP contribution >= 0.6 is 0 Å². The lowest BCUT2D eigenvalue weighted by Crippen LogP contribution is -2.20. The molecular formula is C13H12N2O2. The van der Waals surface area contributed by atoms with Crippen LogP contribution in [0.2, 0.25) is 0 Å². The van der Waals surface area contributed by atoms with Gasteiger partial charge in [0, 0.05) is 40.2 Å². The Morgan fingerprint density at radius 2 is 1.35 bits per heavy atom. The van der Waals surface area contributed by atoms with E-state index in [0.717, 1.165) is 0 Å². The number of Topliss-reactive ketones (excluding diaryl/α,β-unsaturated/α-hetero) is 2. The highest BCUT2D eigenvalue weighted by Crippen LogP contribution is 2.29. The van der Waals surface area contributed by atoms with E-state index in [9.17, 15) is 9.59 Å². The van der Waals surface area contributed by atoms with E-state index in [2.05, 4.69) is 9.97 Å². The van der Waals surface area contributed by atoms with Gasteiger partial charge >= 0.3 is 0 Å². The molecule has 0 aliphatic heterocycles. The molecule has 1 aromatic heterocycles. The van der Waals surface area contributed by atoms with E-state index in [-0.39, 0.29) is 11.6 Å². The highest BCUT2D eigenvalue weighted by molar-refractivity contribution is 6.38. The molecule has 4 nitrogen and oxygen atoms in total. The third-order valence-corrected chi connectivity index (χ3v) is 3.04. The number of hydrogen-bond donors (Lipinski definition) is 0. The number of rotatable bonds is 1. The summed E-state index contributed by atoms with van der Waals surface area (Å²) in [5.41, 5.74) is 2.49. The Morgan fingerprint density at radius 3 is 1.94 bits per heavy atom. The molecule has 0 atom stereocenters. The van der Waals surface area contributed by atoms with Gasteiger partial charge in [-0.3, -0.25) is 9.59 Å². The summed E-state index contributed by atoms with van der Waals surface area (Å²) in [7, 11) is 0. The Labute approximate surface area is 99.1 Å². The van der Waals surface area contributed by atoms with E-state index in [1.165, 1.54) is 6.33 Å². The number of nitrogens with zero attached hydrogens (tertiary/aromatic N) is 2. The fraction of sp³-hybridized carbons (Fsp3) is 0.231. The van der Waals surface area contributed by atoms with Gasteiger partial charge in [0.15, 0.2) is 11.6 Å². The van der Waals surface area contributed by atoms with Gasteiger partial charge in [0.1, 0.15) is 6.33 Å². The normalized spacial score (nSPS) is 16.9. The quantitative estimate of drug-likeness (QED) is 0.687. The largest absolute Gasteiger partial charge is 0.289 e. The van der Waals surface area contributed by atoms with Crippen molar-refractivity contribution in [2.24, 2.45) is 0 Å². The standard InChI is InChI=1S/C13H12N2O2/c1-7-8(2)13(17)11(9(3)12(7)16)10-4-14-6-15-5-10/h4-6H,1-3H3. The van der Waals surface area contributed by atoms with Gasteiger partial charge in [0.25, 0.3) is 0 Å². The van der Waals surface area contributed by atoms with Crippen LogP contribution in [-0.2, 0) is 9.59 Å². The van der Waals surface area contributed by atoms with Crippen LogP contribution in [0.3, 0.4) is 0 Å². The molecule has 0 amide bonds. The third kappa shape index (κ3) is 1.71. The van der Waals surface area contributed by atoms with Crippen LogP contribution in [0.4, 0.5) is 0 Å². The van der Waals surface area contributed by atoms with Gasteiger partial charge in [0.2, 0.25) is 0 Å². The zero-order valence-electron chi connectivity index (χ0n) is 9.94. The second-order valence-electron chi connectivity index (χ2n) is 4.04. The average Bonchev–Trinajstić information content (AvgIpc) is 2.36. The smallest absolute Gasteiger partial charge is 0.190 e. The van der Waals surface area contributed by atoms with E-state index in [1.807, 2.05) is 0 Å². The first kappa shape index (κ1) is 11.4. The monoisotopic (exact) mass is 228 g/mol. The van der Waals surface area contributed by atoms with E-state index in [0.29, 0.717) is 27.9 Å². The Bertz CT molecular complexity index is 568. The highest BCUT2D eigenvalue weighted by Gasteiger charge is 2.28. The van der Waals surface area contributed by atoms with Crippen LogP contribution in [-0.4, -0.2) is 21.5 Å². The molecule has 0 aromatic carbocycles. The Morgan fingerprint density at radius 1 is 0.824 bits per heavy atom. The summed E-state index contributed by atoms with van der Waals surface area (Å²) >= 11 is 0. The summed E-state index contributed by atoms with van der Waals surface area (Å²) in [5, 5.41) is 0. The Hall–Kier alpha value is -2.10. The minimum absolute atomic E-state index is 0.0825. The van der Waals surface area contributed by atoms with Crippen molar-refractivity contribution < 1.29 is 9.59 Å². The number of carbonyl (C=O) groups is 2. The number of aromatic nitrogens is 2. The molecule has 1 aliphatic carbocycles. The van der Waals surface area contributed by atoms with Crippen molar-refractivity contribution in [1.29, 1.82) is 0 Å². The van der Waals surface area contributed by atoms with Crippen molar-refractivity contribution in [1.82, 2.24) is 9.97 Å². The fourth-order valence-electron chi connectivity index (χ4n) is 1.87. The van der Waals surface area contributed by atoms with Crippen molar-refractivity contribution >= 4 is 17.1 Å². The molecule has 0 bridgehead atoms. The number of carbonyl (C=O) groups excluding carboxylic acids is 2. The van der Waals surface area contributed by atoms with Gasteiger partial charge in [-0.05, 0) is 20.8 Å². The van der Waals surface area contributed by atoms with Gasteiger partial charge in [-0.2, -0.15) is 0 Å². The summed E-state index contributed by atoms with van der Waals surface area (Å²) in [6, 6.07) is 0. The second-order valence-corrected chi connectivity index (χ2v) is 4.04. The molecule has 0 saturated carbocycles. The van der Waals surface area contributed by atoms with Gasteiger partial charge in [-0.15, -0.1) is 0 Å². The summed E-state index contributed by atoms with van der Waals surface area (Å²) in [5.74, 6) is -0.199. The van der Waals surface area contributed by atoms with Crippen LogP contribution in [0, 0.1) is 0 Å². The van der Waals surface area contributed by atoms with E-state index in [4.69, 9.17) is 0 Å². The summed E-state index contributed by atoms with van der Waals surface area (Å²) < 4.78 is 0. The predicted octanol–water partition coefficient (Wildman–Crippen LogP) is 1.74. The van der Waals surface area contributed by atoms with Gasteiger partial charge in [-0.25, -0.2) is 9.97 Å².